The smallest absolute Gasteiger partial charge is 0.313 e. The van der Waals surface area contributed by atoms with E-state index < -0.39 is 28.9 Å². The van der Waals surface area contributed by atoms with Gasteiger partial charge in [0.15, 0.2) is 5.78 Å². The van der Waals surface area contributed by atoms with Gasteiger partial charge in [-0.1, -0.05) is 12.1 Å². The average Bonchev–Trinajstić information content (AvgIpc) is 2.15. The predicted octanol–water partition coefficient (Wildman–Crippen LogP) is 2.25. The predicted molar refractivity (Wildman–Crippen MR) is 49.7 cm³/mol. The molecule has 2 nitrogen and oxygen atoms in total. The number of likely N-dealkylation sites (N-methyl/N-ethyl adjacent to an activating group) is 1. The molecule has 0 spiro atoms. The molecule has 0 aromatic heterocycles. The van der Waals surface area contributed by atoms with Gasteiger partial charge in [0.25, 0.3) is 0 Å². The summed E-state index contributed by atoms with van der Waals surface area (Å²) in [5.41, 5.74) is -2.16. The van der Waals surface area contributed by atoms with Gasteiger partial charge < -0.3 is 5.32 Å². The van der Waals surface area contributed by atoms with E-state index in [1.165, 1.54) is 7.05 Å². The molecule has 1 aromatic carbocycles. The molecular formula is C10H9F4NO. The number of halogens is 4. The molecule has 0 aliphatic carbocycles. The van der Waals surface area contributed by atoms with Crippen molar-refractivity contribution in [2.45, 2.75) is 6.18 Å². The van der Waals surface area contributed by atoms with Crippen LogP contribution < -0.4 is 5.32 Å². The summed E-state index contributed by atoms with van der Waals surface area (Å²) in [4.78, 5) is 11.3. The lowest BCUT2D eigenvalue weighted by Crippen LogP contribution is -2.23. The van der Waals surface area contributed by atoms with E-state index in [0.29, 0.717) is 6.07 Å². The van der Waals surface area contributed by atoms with Crippen molar-refractivity contribution in [2.24, 2.45) is 0 Å². The summed E-state index contributed by atoms with van der Waals surface area (Å²) < 4.78 is 50.5. The van der Waals surface area contributed by atoms with E-state index in [1.807, 2.05) is 0 Å². The number of nitrogens with one attached hydrogen (secondary N) is 1. The van der Waals surface area contributed by atoms with Crippen molar-refractivity contribution in [2.75, 3.05) is 13.6 Å². The van der Waals surface area contributed by atoms with Crippen LogP contribution >= 0.6 is 0 Å². The van der Waals surface area contributed by atoms with E-state index in [0.717, 1.165) is 12.1 Å². The second-order valence-corrected chi connectivity index (χ2v) is 3.11. The van der Waals surface area contributed by atoms with Crippen molar-refractivity contribution in [3.05, 3.63) is 35.1 Å². The summed E-state index contributed by atoms with van der Waals surface area (Å²) in [6.07, 6.45) is -4.87. The molecule has 0 amide bonds. The molecule has 88 valence electrons. The van der Waals surface area contributed by atoms with Crippen molar-refractivity contribution >= 4 is 5.78 Å². The molecule has 0 saturated heterocycles. The largest absolute Gasteiger partial charge is 0.419 e. The number of ketones is 1. The van der Waals surface area contributed by atoms with Crippen LogP contribution in [0.15, 0.2) is 18.2 Å². The van der Waals surface area contributed by atoms with E-state index in [2.05, 4.69) is 5.32 Å². The Balaban J connectivity index is 3.29. The molecule has 1 rings (SSSR count). The fourth-order valence-electron chi connectivity index (χ4n) is 1.30. The molecule has 0 heterocycles. The number of carbonyl (C=O) groups is 1. The van der Waals surface area contributed by atoms with Crippen LogP contribution in [0.25, 0.3) is 0 Å². The Bertz CT molecular complexity index is 400. The lowest BCUT2D eigenvalue weighted by atomic mass is 10.0. The first kappa shape index (κ1) is 12.6. The minimum Gasteiger partial charge on any atom is -0.313 e. The van der Waals surface area contributed by atoms with E-state index in [-0.39, 0.29) is 6.54 Å². The van der Waals surface area contributed by atoms with Gasteiger partial charge in [-0.25, -0.2) is 4.39 Å². The lowest BCUT2D eigenvalue weighted by Gasteiger charge is -2.12. The topological polar surface area (TPSA) is 29.1 Å². The maximum Gasteiger partial charge on any atom is 0.419 e. The Morgan fingerprint density at radius 3 is 2.50 bits per heavy atom. The molecule has 1 aromatic rings. The third kappa shape index (κ3) is 2.57. The molecule has 6 heteroatoms. The van der Waals surface area contributed by atoms with Crippen molar-refractivity contribution in [3.8, 4) is 0 Å². The van der Waals surface area contributed by atoms with Crippen LogP contribution in [-0.4, -0.2) is 19.4 Å². The van der Waals surface area contributed by atoms with Gasteiger partial charge in [0, 0.05) is 5.56 Å². The van der Waals surface area contributed by atoms with Crippen LogP contribution in [0.4, 0.5) is 17.6 Å². The molecule has 0 aliphatic heterocycles. The van der Waals surface area contributed by atoms with Gasteiger partial charge in [0.2, 0.25) is 0 Å². The number of hydrogen-bond donors (Lipinski definition) is 1. The Labute approximate surface area is 89.3 Å². The van der Waals surface area contributed by atoms with Crippen LogP contribution in [0.5, 0.6) is 0 Å². The number of Topliss-reactive ketones (excluding diaryl/α,β-unsaturated/α-hetero) is 1. The summed E-state index contributed by atoms with van der Waals surface area (Å²) in [5, 5.41) is 2.42. The molecule has 0 bridgehead atoms. The lowest BCUT2D eigenvalue weighted by molar-refractivity contribution is -0.140. The Morgan fingerprint density at radius 2 is 2.00 bits per heavy atom. The van der Waals surface area contributed by atoms with Gasteiger partial charge in [-0.05, 0) is 13.1 Å². The maximum absolute atomic E-state index is 13.1. The van der Waals surface area contributed by atoms with Gasteiger partial charge in [0.1, 0.15) is 11.4 Å². The average molecular weight is 235 g/mol. The second kappa shape index (κ2) is 4.61. The van der Waals surface area contributed by atoms with Crippen LogP contribution in [0.1, 0.15) is 15.9 Å². The van der Waals surface area contributed by atoms with Gasteiger partial charge in [-0.2, -0.15) is 13.2 Å². The van der Waals surface area contributed by atoms with Gasteiger partial charge in [-0.3, -0.25) is 4.79 Å². The fraction of sp³-hybridized carbons (Fsp3) is 0.300. The van der Waals surface area contributed by atoms with Crippen molar-refractivity contribution in [1.82, 2.24) is 5.32 Å². The monoisotopic (exact) mass is 235 g/mol. The third-order valence-electron chi connectivity index (χ3n) is 1.93. The number of rotatable bonds is 3. The first-order chi connectivity index (χ1) is 7.38. The van der Waals surface area contributed by atoms with Gasteiger partial charge in [0.05, 0.1) is 6.54 Å². The van der Waals surface area contributed by atoms with Crippen molar-refractivity contribution < 1.29 is 22.4 Å². The summed E-state index contributed by atoms with van der Waals surface area (Å²) in [6.45, 7) is -0.271. The number of alkyl halides is 3. The first-order valence-electron chi connectivity index (χ1n) is 4.41. The molecule has 1 N–H and O–H groups in total. The minimum atomic E-state index is -4.87. The van der Waals surface area contributed by atoms with Crippen LogP contribution in [-0.2, 0) is 6.18 Å². The van der Waals surface area contributed by atoms with E-state index in [4.69, 9.17) is 0 Å². The zero-order valence-corrected chi connectivity index (χ0v) is 8.36. The summed E-state index contributed by atoms with van der Waals surface area (Å²) in [5.74, 6) is -2.23. The fourth-order valence-corrected chi connectivity index (χ4v) is 1.30. The Morgan fingerprint density at radius 1 is 1.38 bits per heavy atom. The highest BCUT2D eigenvalue weighted by atomic mass is 19.4. The summed E-state index contributed by atoms with van der Waals surface area (Å²) in [6, 6.07) is 2.72. The SMILES string of the molecule is CNCC(=O)c1cccc(F)c1C(F)(F)F. The highest BCUT2D eigenvalue weighted by Crippen LogP contribution is 2.34. The zero-order chi connectivity index (χ0) is 12.3. The van der Waals surface area contributed by atoms with Gasteiger partial charge >= 0.3 is 6.18 Å². The van der Waals surface area contributed by atoms with Crippen LogP contribution in [0.3, 0.4) is 0 Å². The number of carbonyl (C=O) groups excluding carboxylic acids is 1. The number of hydrogen-bond acceptors (Lipinski definition) is 2. The van der Waals surface area contributed by atoms with E-state index >= 15 is 0 Å². The molecule has 0 aliphatic rings. The summed E-state index contributed by atoms with van der Waals surface area (Å²) in [7, 11) is 1.42. The molecule has 0 radical (unpaired) electrons. The standard InChI is InChI=1S/C10H9F4NO/c1-15-5-8(16)6-3-2-4-7(11)9(6)10(12,13)14/h2-4,15H,5H2,1H3. The van der Waals surface area contributed by atoms with Gasteiger partial charge in [-0.15, -0.1) is 0 Å². The minimum absolute atomic E-state index is 0.271. The highest BCUT2D eigenvalue weighted by Gasteiger charge is 2.38. The molecular weight excluding hydrogens is 226 g/mol. The molecule has 0 saturated carbocycles. The quantitative estimate of drug-likeness (QED) is 0.643. The third-order valence-corrected chi connectivity index (χ3v) is 1.93. The normalized spacial score (nSPS) is 11.6. The highest BCUT2D eigenvalue weighted by molar-refractivity contribution is 5.99. The van der Waals surface area contributed by atoms with Crippen LogP contribution in [0, 0.1) is 5.82 Å². The Kier molecular flexibility index (Phi) is 3.64. The van der Waals surface area contributed by atoms with Crippen LogP contribution in [0.2, 0.25) is 0 Å². The Hall–Kier alpha value is -1.43. The second-order valence-electron chi connectivity index (χ2n) is 3.11. The zero-order valence-electron chi connectivity index (χ0n) is 8.36. The van der Waals surface area contributed by atoms with E-state index in [9.17, 15) is 22.4 Å². The molecule has 0 unspecified atom stereocenters. The number of benzene rings is 1. The van der Waals surface area contributed by atoms with E-state index in [1.54, 1.807) is 0 Å². The molecule has 0 atom stereocenters. The maximum atomic E-state index is 13.1. The molecule has 0 fully saturated rings. The summed E-state index contributed by atoms with van der Waals surface area (Å²) >= 11 is 0. The van der Waals surface area contributed by atoms with Crippen molar-refractivity contribution in [1.29, 1.82) is 0 Å². The molecule has 16 heavy (non-hydrogen) atoms. The first-order valence-corrected chi connectivity index (χ1v) is 4.41. The van der Waals surface area contributed by atoms with Crippen molar-refractivity contribution in [3.63, 3.8) is 0 Å².